The molecule has 2 saturated heterocycles. The highest BCUT2D eigenvalue weighted by Crippen LogP contribution is 2.51. The van der Waals surface area contributed by atoms with Crippen LogP contribution in [0.5, 0.6) is 0 Å². The molecule has 1 aromatic heterocycles. The number of fused-ring (bicyclic) bond motifs is 3. The van der Waals surface area contributed by atoms with Crippen LogP contribution in [0.15, 0.2) is 48.7 Å². The topological polar surface area (TPSA) is 45.7 Å². The molecule has 0 unspecified atom stereocenters. The van der Waals surface area contributed by atoms with Crippen molar-refractivity contribution in [1.82, 2.24) is 14.8 Å². The SMILES string of the molecule is O=C(c1ccccn1)N1C[C@H]2[C@@H](C1)c1ccccc1[C@@H]2N1CCOCC1. The molecule has 5 heteroatoms. The molecule has 3 heterocycles. The van der Waals surface area contributed by atoms with E-state index >= 15 is 0 Å². The Hall–Kier alpha value is -2.24. The molecule has 3 atom stereocenters. The zero-order chi connectivity index (χ0) is 17.5. The fraction of sp³-hybridized carbons (Fsp3) is 0.429. The Morgan fingerprint density at radius 3 is 2.54 bits per heavy atom. The number of amides is 1. The molecule has 5 nitrogen and oxygen atoms in total. The van der Waals surface area contributed by atoms with Crippen LogP contribution >= 0.6 is 0 Å². The number of benzene rings is 1. The van der Waals surface area contributed by atoms with Gasteiger partial charge in [0.1, 0.15) is 5.69 Å². The van der Waals surface area contributed by atoms with E-state index in [1.807, 2.05) is 23.1 Å². The summed E-state index contributed by atoms with van der Waals surface area (Å²) in [6.45, 7) is 5.13. The number of hydrogen-bond acceptors (Lipinski definition) is 4. The largest absolute Gasteiger partial charge is 0.379 e. The van der Waals surface area contributed by atoms with E-state index in [4.69, 9.17) is 4.74 Å². The van der Waals surface area contributed by atoms with Gasteiger partial charge in [-0.2, -0.15) is 0 Å². The van der Waals surface area contributed by atoms with Gasteiger partial charge in [0, 0.05) is 50.3 Å². The molecule has 2 fully saturated rings. The monoisotopic (exact) mass is 349 g/mol. The summed E-state index contributed by atoms with van der Waals surface area (Å²) in [7, 11) is 0. The number of likely N-dealkylation sites (tertiary alicyclic amines) is 1. The summed E-state index contributed by atoms with van der Waals surface area (Å²) in [5.74, 6) is 0.933. The number of carbonyl (C=O) groups is 1. The third kappa shape index (κ3) is 2.54. The van der Waals surface area contributed by atoms with E-state index in [1.165, 1.54) is 11.1 Å². The molecule has 1 aromatic carbocycles. The molecule has 0 N–H and O–H groups in total. The van der Waals surface area contributed by atoms with Crippen LogP contribution in [0.2, 0.25) is 0 Å². The molecule has 0 radical (unpaired) electrons. The van der Waals surface area contributed by atoms with Gasteiger partial charge in [-0.15, -0.1) is 0 Å². The maximum absolute atomic E-state index is 12.9. The van der Waals surface area contributed by atoms with Gasteiger partial charge in [0.15, 0.2) is 0 Å². The zero-order valence-electron chi connectivity index (χ0n) is 14.8. The molecule has 2 aliphatic heterocycles. The molecule has 1 amide bonds. The Labute approximate surface area is 153 Å². The minimum Gasteiger partial charge on any atom is -0.379 e. The first-order valence-electron chi connectivity index (χ1n) is 9.44. The van der Waals surface area contributed by atoms with E-state index in [0.717, 1.165) is 39.4 Å². The van der Waals surface area contributed by atoms with Gasteiger partial charge in [0.05, 0.1) is 13.2 Å². The number of nitrogens with zero attached hydrogens (tertiary/aromatic N) is 3. The van der Waals surface area contributed by atoms with Gasteiger partial charge in [-0.3, -0.25) is 14.7 Å². The molecule has 0 spiro atoms. The molecule has 134 valence electrons. The van der Waals surface area contributed by atoms with Gasteiger partial charge >= 0.3 is 0 Å². The lowest BCUT2D eigenvalue weighted by molar-refractivity contribution is 0.00481. The van der Waals surface area contributed by atoms with Crippen molar-refractivity contribution in [2.24, 2.45) is 5.92 Å². The van der Waals surface area contributed by atoms with Gasteiger partial charge in [0.2, 0.25) is 0 Å². The second kappa shape index (κ2) is 6.49. The predicted octanol–water partition coefficient (Wildman–Crippen LogP) is 2.32. The predicted molar refractivity (Wildman–Crippen MR) is 97.9 cm³/mol. The zero-order valence-corrected chi connectivity index (χ0v) is 14.8. The summed E-state index contributed by atoms with van der Waals surface area (Å²) in [6.07, 6.45) is 1.69. The van der Waals surface area contributed by atoms with Crippen molar-refractivity contribution in [3.63, 3.8) is 0 Å². The lowest BCUT2D eigenvalue weighted by Crippen LogP contribution is -2.42. The molecule has 0 bridgehead atoms. The van der Waals surface area contributed by atoms with Crippen LogP contribution in [0.4, 0.5) is 0 Å². The van der Waals surface area contributed by atoms with E-state index in [9.17, 15) is 4.79 Å². The normalized spacial score (nSPS) is 28.0. The van der Waals surface area contributed by atoms with Crippen LogP contribution in [0.25, 0.3) is 0 Å². The Morgan fingerprint density at radius 2 is 1.77 bits per heavy atom. The van der Waals surface area contributed by atoms with Crippen LogP contribution < -0.4 is 0 Å². The summed E-state index contributed by atoms with van der Waals surface area (Å²) in [5, 5.41) is 0. The van der Waals surface area contributed by atoms with Crippen LogP contribution in [-0.2, 0) is 4.74 Å². The maximum Gasteiger partial charge on any atom is 0.272 e. The van der Waals surface area contributed by atoms with Crippen molar-refractivity contribution in [2.75, 3.05) is 39.4 Å². The van der Waals surface area contributed by atoms with Gasteiger partial charge < -0.3 is 9.64 Å². The number of rotatable bonds is 2. The molecule has 3 aliphatic rings. The number of morpholine rings is 1. The second-order valence-electron chi connectivity index (χ2n) is 7.42. The number of carbonyl (C=O) groups excluding carboxylic acids is 1. The minimum atomic E-state index is 0.0539. The summed E-state index contributed by atoms with van der Waals surface area (Å²) < 4.78 is 5.56. The Balaban J connectivity index is 1.45. The van der Waals surface area contributed by atoms with Crippen LogP contribution in [0.1, 0.15) is 33.6 Å². The Morgan fingerprint density at radius 1 is 1.00 bits per heavy atom. The summed E-state index contributed by atoms with van der Waals surface area (Å²) in [4.78, 5) is 21.7. The highest BCUT2D eigenvalue weighted by molar-refractivity contribution is 5.92. The van der Waals surface area contributed by atoms with Gasteiger partial charge in [0.25, 0.3) is 5.91 Å². The van der Waals surface area contributed by atoms with Crippen molar-refractivity contribution in [3.05, 3.63) is 65.5 Å². The highest BCUT2D eigenvalue weighted by atomic mass is 16.5. The number of pyridine rings is 1. The fourth-order valence-electron chi connectivity index (χ4n) is 4.97. The molecule has 5 rings (SSSR count). The van der Waals surface area contributed by atoms with Crippen LogP contribution in [-0.4, -0.2) is 60.1 Å². The van der Waals surface area contributed by atoms with Gasteiger partial charge in [-0.25, -0.2) is 0 Å². The van der Waals surface area contributed by atoms with Crippen molar-refractivity contribution in [3.8, 4) is 0 Å². The van der Waals surface area contributed by atoms with Crippen molar-refractivity contribution in [1.29, 1.82) is 0 Å². The highest BCUT2D eigenvalue weighted by Gasteiger charge is 2.49. The number of ether oxygens (including phenoxy) is 1. The van der Waals surface area contributed by atoms with E-state index < -0.39 is 0 Å². The van der Waals surface area contributed by atoms with Crippen LogP contribution in [0, 0.1) is 5.92 Å². The van der Waals surface area contributed by atoms with Crippen molar-refractivity contribution < 1.29 is 9.53 Å². The third-order valence-electron chi connectivity index (χ3n) is 6.10. The Kier molecular flexibility index (Phi) is 3.98. The molecule has 2 aromatic rings. The van der Waals surface area contributed by atoms with E-state index in [2.05, 4.69) is 34.1 Å². The average molecular weight is 349 g/mol. The van der Waals surface area contributed by atoms with E-state index in [1.54, 1.807) is 6.20 Å². The first-order chi connectivity index (χ1) is 12.8. The third-order valence-corrected chi connectivity index (χ3v) is 6.10. The molecule has 0 saturated carbocycles. The Bertz CT molecular complexity index is 804. The first-order valence-corrected chi connectivity index (χ1v) is 9.44. The maximum atomic E-state index is 12.9. The van der Waals surface area contributed by atoms with E-state index in [-0.39, 0.29) is 5.91 Å². The summed E-state index contributed by atoms with van der Waals surface area (Å²) >= 11 is 0. The number of aromatic nitrogens is 1. The summed E-state index contributed by atoms with van der Waals surface area (Å²) in [6, 6.07) is 14.7. The molecular formula is C21H23N3O2. The molecular weight excluding hydrogens is 326 g/mol. The lowest BCUT2D eigenvalue weighted by Gasteiger charge is -2.36. The first kappa shape index (κ1) is 16.0. The van der Waals surface area contributed by atoms with Crippen molar-refractivity contribution in [2.45, 2.75) is 12.0 Å². The fourth-order valence-corrected chi connectivity index (χ4v) is 4.97. The minimum absolute atomic E-state index is 0.0539. The standard InChI is InChI=1S/C21H23N3O2/c25-21(19-7-3-4-8-22-19)24-13-17-15-5-1-2-6-16(15)20(18(17)14-24)23-9-11-26-12-10-23/h1-8,17-18,20H,9-14H2/t17-,18-,20-/m0/s1. The van der Waals surface area contributed by atoms with E-state index in [0.29, 0.717) is 23.6 Å². The second-order valence-corrected chi connectivity index (χ2v) is 7.42. The van der Waals surface area contributed by atoms with Crippen LogP contribution in [0.3, 0.4) is 0 Å². The lowest BCUT2D eigenvalue weighted by atomic mass is 9.93. The summed E-state index contributed by atoms with van der Waals surface area (Å²) in [5.41, 5.74) is 3.42. The smallest absolute Gasteiger partial charge is 0.272 e. The number of hydrogen-bond donors (Lipinski definition) is 0. The quantitative estimate of drug-likeness (QED) is 0.835. The van der Waals surface area contributed by atoms with Gasteiger partial charge in [-0.05, 0) is 23.3 Å². The van der Waals surface area contributed by atoms with Crippen molar-refractivity contribution >= 4 is 5.91 Å². The molecule has 1 aliphatic carbocycles. The van der Waals surface area contributed by atoms with Gasteiger partial charge in [-0.1, -0.05) is 30.3 Å². The average Bonchev–Trinajstić information content (AvgIpc) is 3.26. The molecule has 26 heavy (non-hydrogen) atoms.